The van der Waals surface area contributed by atoms with E-state index in [2.05, 4.69) is 5.32 Å². The minimum Gasteiger partial charge on any atom is -0.348 e. The van der Waals surface area contributed by atoms with Crippen molar-refractivity contribution in [3.05, 3.63) is 69.3 Å². The fourth-order valence-corrected chi connectivity index (χ4v) is 2.93. The number of carbonyl (C=O) groups is 1. The molecule has 8 heteroatoms. The number of aryl methyl sites for hydroxylation is 1. The lowest BCUT2D eigenvalue weighted by atomic mass is 10.1. The van der Waals surface area contributed by atoms with Crippen molar-refractivity contribution in [1.82, 2.24) is 5.32 Å². The van der Waals surface area contributed by atoms with Crippen molar-refractivity contribution in [3.8, 4) is 0 Å². The summed E-state index contributed by atoms with van der Waals surface area (Å²) in [6.45, 7) is 2.21. The molecule has 2 aromatic rings. The van der Waals surface area contributed by atoms with Gasteiger partial charge in [-0.1, -0.05) is 29.8 Å². The van der Waals surface area contributed by atoms with E-state index in [0.717, 1.165) is 29.5 Å². The summed E-state index contributed by atoms with van der Waals surface area (Å²) in [5.74, 6) is -0.515. The lowest BCUT2D eigenvalue weighted by Gasteiger charge is -2.07. The zero-order valence-electron chi connectivity index (χ0n) is 13.1. The number of nitrogens with zero attached hydrogens (tertiary/aromatic N) is 1. The van der Waals surface area contributed by atoms with Gasteiger partial charge >= 0.3 is 0 Å². The molecule has 0 saturated heterocycles. The molecule has 0 aliphatic carbocycles. The van der Waals surface area contributed by atoms with Crippen LogP contribution in [0.4, 0.5) is 5.69 Å². The number of benzene rings is 2. The van der Waals surface area contributed by atoms with E-state index in [1.54, 1.807) is 0 Å². The summed E-state index contributed by atoms with van der Waals surface area (Å²) < 4.78 is 23.1. The van der Waals surface area contributed by atoms with Gasteiger partial charge in [0, 0.05) is 24.4 Å². The highest BCUT2D eigenvalue weighted by atomic mass is 32.2. The van der Waals surface area contributed by atoms with Crippen LogP contribution in [0.5, 0.6) is 0 Å². The van der Waals surface area contributed by atoms with Crippen molar-refractivity contribution < 1.29 is 18.1 Å². The summed E-state index contributed by atoms with van der Waals surface area (Å²) in [6, 6.07) is 10.9. The molecular weight excluding hydrogens is 332 g/mol. The molecule has 0 aromatic heterocycles. The Morgan fingerprint density at radius 2 is 1.79 bits per heavy atom. The highest BCUT2D eigenvalue weighted by molar-refractivity contribution is 7.90. The molecule has 1 amide bonds. The van der Waals surface area contributed by atoms with Gasteiger partial charge in [0.15, 0.2) is 9.84 Å². The first-order chi connectivity index (χ1) is 11.2. The summed E-state index contributed by atoms with van der Waals surface area (Å²) in [5, 5.41) is 13.7. The first-order valence-corrected chi connectivity index (χ1v) is 8.90. The first-order valence-electron chi connectivity index (χ1n) is 7.01. The van der Waals surface area contributed by atoms with E-state index in [4.69, 9.17) is 0 Å². The van der Waals surface area contributed by atoms with Gasteiger partial charge in [-0.25, -0.2) is 8.42 Å². The fourth-order valence-electron chi connectivity index (χ4n) is 2.11. The summed E-state index contributed by atoms with van der Waals surface area (Å²) in [5.41, 5.74) is 1.40. The lowest BCUT2D eigenvalue weighted by Crippen LogP contribution is -2.23. The highest BCUT2D eigenvalue weighted by Gasteiger charge is 2.23. The van der Waals surface area contributed by atoms with Gasteiger partial charge in [-0.3, -0.25) is 14.9 Å². The zero-order chi connectivity index (χ0) is 17.9. The van der Waals surface area contributed by atoms with Crippen LogP contribution in [0.2, 0.25) is 0 Å². The molecule has 0 spiro atoms. The maximum atomic E-state index is 12.1. The third-order valence-electron chi connectivity index (χ3n) is 3.39. The van der Waals surface area contributed by atoms with Crippen LogP contribution in [0.3, 0.4) is 0 Å². The third-order valence-corrected chi connectivity index (χ3v) is 4.54. The van der Waals surface area contributed by atoms with E-state index in [0.29, 0.717) is 0 Å². The molecule has 0 unspecified atom stereocenters. The van der Waals surface area contributed by atoms with Crippen molar-refractivity contribution in [2.75, 3.05) is 6.26 Å². The predicted octanol–water partition coefficient (Wildman–Crippen LogP) is 2.24. The van der Waals surface area contributed by atoms with Gasteiger partial charge in [-0.05, 0) is 24.6 Å². The molecule has 1 N–H and O–H groups in total. The number of carbonyl (C=O) groups excluding carboxylic acids is 1. The maximum Gasteiger partial charge on any atom is 0.288 e. The minimum absolute atomic E-state index is 0.0289. The van der Waals surface area contributed by atoms with Crippen molar-refractivity contribution in [2.24, 2.45) is 0 Å². The van der Waals surface area contributed by atoms with Gasteiger partial charge in [0.25, 0.3) is 11.6 Å². The number of rotatable bonds is 5. The lowest BCUT2D eigenvalue weighted by molar-refractivity contribution is -0.387. The van der Waals surface area contributed by atoms with Gasteiger partial charge in [0.1, 0.15) is 4.90 Å². The third kappa shape index (κ3) is 4.17. The van der Waals surface area contributed by atoms with Gasteiger partial charge in [0.05, 0.1) is 4.92 Å². The number of hydrogen-bond donors (Lipinski definition) is 1. The minimum atomic E-state index is -3.75. The predicted molar refractivity (Wildman–Crippen MR) is 88.6 cm³/mol. The van der Waals surface area contributed by atoms with Crippen LogP contribution in [0.1, 0.15) is 21.5 Å². The first kappa shape index (κ1) is 17.6. The quantitative estimate of drug-likeness (QED) is 0.659. The SMILES string of the molecule is Cc1ccc(CNC(=O)c2ccc(S(C)(=O)=O)c([N+](=O)[O-])c2)cc1. The molecule has 2 rings (SSSR count). The average molecular weight is 348 g/mol. The molecule has 0 bridgehead atoms. The molecule has 0 heterocycles. The van der Waals surface area contributed by atoms with E-state index in [1.807, 2.05) is 31.2 Å². The van der Waals surface area contributed by atoms with Crippen molar-refractivity contribution in [3.63, 3.8) is 0 Å². The molecule has 0 aliphatic rings. The zero-order valence-corrected chi connectivity index (χ0v) is 14.0. The second kappa shape index (κ2) is 6.79. The van der Waals surface area contributed by atoms with Crippen molar-refractivity contribution in [2.45, 2.75) is 18.4 Å². The molecule has 0 radical (unpaired) electrons. The van der Waals surface area contributed by atoms with Crippen LogP contribution in [-0.2, 0) is 16.4 Å². The molecule has 0 aliphatic heterocycles. The van der Waals surface area contributed by atoms with Gasteiger partial charge in [-0.2, -0.15) is 0 Å². The van der Waals surface area contributed by atoms with Gasteiger partial charge in [-0.15, -0.1) is 0 Å². The van der Waals surface area contributed by atoms with Crippen LogP contribution in [0.25, 0.3) is 0 Å². The van der Waals surface area contributed by atoms with E-state index in [1.165, 1.54) is 6.07 Å². The smallest absolute Gasteiger partial charge is 0.288 e. The summed E-state index contributed by atoms with van der Waals surface area (Å²) in [7, 11) is -3.75. The Labute approximate surface area is 139 Å². The Bertz CT molecular complexity index is 889. The molecule has 0 saturated carbocycles. The molecular formula is C16H16N2O5S. The van der Waals surface area contributed by atoms with Crippen LogP contribution < -0.4 is 5.32 Å². The molecule has 0 atom stereocenters. The molecule has 2 aromatic carbocycles. The second-order valence-corrected chi connectivity index (χ2v) is 7.36. The molecule has 24 heavy (non-hydrogen) atoms. The standard InChI is InChI=1S/C16H16N2O5S/c1-11-3-5-12(6-4-11)10-17-16(19)13-7-8-15(24(2,22)23)14(9-13)18(20)21/h3-9H,10H2,1-2H3,(H,17,19). The normalized spacial score (nSPS) is 11.1. The van der Waals surface area contributed by atoms with Crippen molar-refractivity contribution in [1.29, 1.82) is 0 Å². The number of sulfone groups is 1. The molecule has 0 fully saturated rings. The maximum absolute atomic E-state index is 12.1. The van der Waals surface area contributed by atoms with E-state index in [-0.39, 0.29) is 12.1 Å². The number of hydrogen-bond acceptors (Lipinski definition) is 5. The Hall–Kier alpha value is -2.74. The number of amides is 1. The Balaban J connectivity index is 2.22. The summed E-state index contributed by atoms with van der Waals surface area (Å²) >= 11 is 0. The monoisotopic (exact) mass is 348 g/mol. The number of nitrogens with one attached hydrogen (secondary N) is 1. The van der Waals surface area contributed by atoms with Crippen LogP contribution >= 0.6 is 0 Å². The van der Waals surface area contributed by atoms with Crippen LogP contribution in [0.15, 0.2) is 47.4 Å². The second-order valence-electron chi connectivity index (χ2n) is 5.38. The van der Waals surface area contributed by atoms with Crippen molar-refractivity contribution >= 4 is 21.4 Å². The topological polar surface area (TPSA) is 106 Å². The molecule has 7 nitrogen and oxygen atoms in total. The van der Waals surface area contributed by atoms with E-state index < -0.39 is 31.3 Å². The Morgan fingerprint density at radius 1 is 1.17 bits per heavy atom. The van der Waals surface area contributed by atoms with Gasteiger partial charge in [0.2, 0.25) is 0 Å². The fraction of sp³-hybridized carbons (Fsp3) is 0.188. The van der Waals surface area contributed by atoms with Crippen LogP contribution in [-0.4, -0.2) is 25.5 Å². The Kier molecular flexibility index (Phi) is 4.99. The Morgan fingerprint density at radius 3 is 2.33 bits per heavy atom. The average Bonchev–Trinajstić information content (AvgIpc) is 2.52. The summed E-state index contributed by atoms with van der Waals surface area (Å²) in [6.07, 6.45) is 0.881. The number of nitro benzene ring substituents is 1. The van der Waals surface area contributed by atoms with E-state index in [9.17, 15) is 23.3 Å². The van der Waals surface area contributed by atoms with E-state index >= 15 is 0 Å². The highest BCUT2D eigenvalue weighted by Crippen LogP contribution is 2.25. The largest absolute Gasteiger partial charge is 0.348 e. The number of nitro groups is 1. The van der Waals surface area contributed by atoms with Crippen LogP contribution in [0, 0.1) is 17.0 Å². The molecule has 126 valence electrons. The van der Waals surface area contributed by atoms with Gasteiger partial charge < -0.3 is 5.32 Å². The summed E-state index contributed by atoms with van der Waals surface area (Å²) in [4.78, 5) is 22.0.